The van der Waals surface area contributed by atoms with E-state index in [4.69, 9.17) is 11.6 Å². The Balaban J connectivity index is 4.57. The monoisotopic (exact) mass is 241 g/mol. The molecule has 16 heavy (non-hydrogen) atoms. The van der Waals surface area contributed by atoms with E-state index in [1.54, 1.807) is 0 Å². The van der Waals surface area contributed by atoms with Gasteiger partial charge in [-0.2, -0.15) is 0 Å². The second-order valence-corrected chi connectivity index (χ2v) is 4.16. The first kappa shape index (κ1) is 15.0. The number of alkyl halides is 1. The first-order valence-corrected chi connectivity index (χ1v) is 5.83. The number of hydrogen-bond donors (Lipinski definition) is 1. The fraction of sp³-hybridized carbons (Fsp3) is 0.462. The molecule has 0 saturated heterocycles. The highest BCUT2D eigenvalue weighted by molar-refractivity contribution is 6.27. The van der Waals surface area contributed by atoms with Gasteiger partial charge in [-0.3, -0.25) is 4.79 Å². The molecule has 0 aromatic heterocycles. The third-order valence-electron chi connectivity index (χ3n) is 2.51. The van der Waals surface area contributed by atoms with E-state index in [-0.39, 0.29) is 17.2 Å². The number of carbonyl (C=O) groups excluding carboxylic acids is 1. The van der Waals surface area contributed by atoms with Crippen LogP contribution in [0.25, 0.3) is 0 Å². The fourth-order valence-corrected chi connectivity index (χ4v) is 1.81. The van der Waals surface area contributed by atoms with Gasteiger partial charge in [0.25, 0.3) is 0 Å². The lowest BCUT2D eigenvalue weighted by Crippen LogP contribution is -2.37. The maximum atomic E-state index is 11.2. The van der Waals surface area contributed by atoms with Gasteiger partial charge >= 0.3 is 0 Å². The van der Waals surface area contributed by atoms with Gasteiger partial charge in [0.2, 0.25) is 5.91 Å². The number of nitrogens with one attached hydrogen (secondary N) is 1. The molecule has 90 valence electrons. The van der Waals surface area contributed by atoms with Crippen molar-refractivity contribution in [3.8, 4) is 0 Å². The Bertz CT molecular complexity index is 234. The Morgan fingerprint density at radius 2 is 1.56 bits per heavy atom. The lowest BCUT2D eigenvalue weighted by Gasteiger charge is -2.31. The van der Waals surface area contributed by atoms with E-state index in [0.29, 0.717) is 6.54 Å². The predicted octanol–water partition coefficient (Wildman–Crippen LogP) is 3.06. The first-order chi connectivity index (χ1) is 7.64. The summed E-state index contributed by atoms with van der Waals surface area (Å²) in [5.74, 6) is -0.157. The van der Waals surface area contributed by atoms with E-state index >= 15 is 0 Å². The molecule has 0 rings (SSSR count). The average Bonchev–Trinajstić information content (AvgIpc) is 2.27. The highest BCUT2D eigenvalue weighted by atomic mass is 35.5. The van der Waals surface area contributed by atoms with Crippen molar-refractivity contribution in [1.29, 1.82) is 0 Å². The smallest absolute Gasteiger partial charge is 0.234 e. The number of hydrogen-bond acceptors (Lipinski definition) is 1. The van der Waals surface area contributed by atoms with Gasteiger partial charge < -0.3 is 5.32 Å². The zero-order chi connectivity index (χ0) is 12.4. The van der Waals surface area contributed by atoms with Gasteiger partial charge in [-0.05, 0) is 24.7 Å². The molecular weight excluding hydrogens is 222 g/mol. The van der Waals surface area contributed by atoms with Crippen LogP contribution < -0.4 is 5.32 Å². The summed E-state index contributed by atoms with van der Waals surface area (Å²) in [6, 6.07) is 0. The summed E-state index contributed by atoms with van der Waals surface area (Å²) in [7, 11) is 0. The Morgan fingerprint density at radius 1 is 1.12 bits per heavy atom. The molecule has 0 unspecified atom stereocenters. The molecule has 1 N–H and O–H groups in total. The summed E-state index contributed by atoms with van der Waals surface area (Å²) in [6.45, 7) is 11.8. The van der Waals surface area contributed by atoms with Crippen LogP contribution in [0, 0.1) is 5.41 Å². The molecule has 0 aliphatic heterocycles. The van der Waals surface area contributed by atoms with E-state index in [9.17, 15) is 4.79 Å². The molecule has 0 aromatic carbocycles. The van der Waals surface area contributed by atoms with Crippen molar-refractivity contribution in [2.24, 2.45) is 5.41 Å². The van der Waals surface area contributed by atoms with Gasteiger partial charge in [0.05, 0.1) is 0 Å². The van der Waals surface area contributed by atoms with Crippen molar-refractivity contribution in [1.82, 2.24) is 5.32 Å². The summed E-state index contributed by atoms with van der Waals surface area (Å²) in [4.78, 5) is 11.2. The average molecular weight is 242 g/mol. The minimum atomic E-state index is -0.150. The van der Waals surface area contributed by atoms with Gasteiger partial charge in [0.15, 0.2) is 0 Å². The highest BCUT2D eigenvalue weighted by Gasteiger charge is 2.26. The van der Waals surface area contributed by atoms with Gasteiger partial charge in [-0.1, -0.05) is 18.2 Å². The number of halogens is 1. The second-order valence-electron chi connectivity index (χ2n) is 3.89. The van der Waals surface area contributed by atoms with Crippen molar-refractivity contribution in [2.45, 2.75) is 19.3 Å². The van der Waals surface area contributed by atoms with Crippen LogP contribution in [0.15, 0.2) is 38.0 Å². The molecule has 0 aliphatic rings. The normalized spacial score (nSPS) is 10.6. The van der Waals surface area contributed by atoms with Crippen LogP contribution in [0.2, 0.25) is 0 Å². The van der Waals surface area contributed by atoms with Crippen LogP contribution in [-0.4, -0.2) is 18.3 Å². The molecule has 0 fully saturated rings. The molecule has 0 aromatic rings. The van der Waals surface area contributed by atoms with E-state index in [1.165, 1.54) is 0 Å². The SMILES string of the molecule is C=CCC(CC=C)(CC=C)CNC(=O)CCl. The van der Waals surface area contributed by atoms with Gasteiger partial charge in [0.1, 0.15) is 5.88 Å². The minimum Gasteiger partial charge on any atom is -0.354 e. The van der Waals surface area contributed by atoms with Crippen molar-refractivity contribution in [3.63, 3.8) is 0 Å². The molecule has 1 amide bonds. The lowest BCUT2D eigenvalue weighted by atomic mass is 9.78. The maximum absolute atomic E-state index is 11.2. The summed E-state index contributed by atoms with van der Waals surface area (Å²) in [5.41, 5.74) is -0.0625. The zero-order valence-corrected chi connectivity index (χ0v) is 10.4. The van der Waals surface area contributed by atoms with Crippen LogP contribution >= 0.6 is 11.6 Å². The topological polar surface area (TPSA) is 29.1 Å². The molecule has 0 saturated carbocycles. The van der Waals surface area contributed by atoms with Crippen molar-refractivity contribution in [3.05, 3.63) is 38.0 Å². The van der Waals surface area contributed by atoms with Crippen molar-refractivity contribution >= 4 is 17.5 Å². The van der Waals surface area contributed by atoms with E-state index in [1.807, 2.05) is 18.2 Å². The van der Waals surface area contributed by atoms with Crippen LogP contribution in [-0.2, 0) is 4.79 Å². The summed E-state index contributed by atoms with van der Waals surface area (Å²) < 4.78 is 0. The van der Waals surface area contributed by atoms with Gasteiger partial charge in [-0.25, -0.2) is 0 Å². The standard InChI is InChI=1S/C13H20ClNO/c1-4-7-13(8-5-2,9-6-3)11-15-12(16)10-14/h4-6H,1-3,7-11H2,(H,15,16). The lowest BCUT2D eigenvalue weighted by molar-refractivity contribution is -0.119. The third kappa shape index (κ3) is 5.17. The molecular formula is C13H20ClNO. The summed E-state index contributed by atoms with van der Waals surface area (Å²) in [5, 5.41) is 2.81. The Morgan fingerprint density at radius 3 is 1.88 bits per heavy atom. The van der Waals surface area contributed by atoms with Crippen LogP contribution in [0.3, 0.4) is 0 Å². The number of rotatable bonds is 9. The number of amides is 1. The van der Waals surface area contributed by atoms with Crippen molar-refractivity contribution < 1.29 is 4.79 Å². The third-order valence-corrected chi connectivity index (χ3v) is 2.76. The van der Waals surface area contributed by atoms with Crippen molar-refractivity contribution in [2.75, 3.05) is 12.4 Å². The molecule has 0 atom stereocenters. The fourth-order valence-electron chi connectivity index (χ4n) is 1.72. The van der Waals surface area contributed by atoms with Crippen LogP contribution in [0.1, 0.15) is 19.3 Å². The first-order valence-electron chi connectivity index (χ1n) is 5.29. The van der Waals surface area contributed by atoms with Gasteiger partial charge in [0, 0.05) is 6.54 Å². The Hall–Kier alpha value is -1.02. The van der Waals surface area contributed by atoms with E-state index < -0.39 is 0 Å². The molecule has 0 aliphatic carbocycles. The molecule has 3 heteroatoms. The predicted molar refractivity (Wildman–Crippen MR) is 70.6 cm³/mol. The van der Waals surface area contributed by atoms with Crippen LogP contribution in [0.4, 0.5) is 0 Å². The quantitative estimate of drug-likeness (QED) is 0.488. The number of allylic oxidation sites excluding steroid dienone is 3. The Labute approximate surface area is 103 Å². The highest BCUT2D eigenvalue weighted by Crippen LogP contribution is 2.31. The molecule has 0 spiro atoms. The summed E-state index contributed by atoms with van der Waals surface area (Å²) >= 11 is 5.44. The molecule has 2 nitrogen and oxygen atoms in total. The zero-order valence-electron chi connectivity index (χ0n) is 9.68. The largest absolute Gasteiger partial charge is 0.354 e. The summed E-state index contributed by atoms with van der Waals surface area (Å²) in [6.07, 6.45) is 8.02. The Kier molecular flexibility index (Phi) is 7.65. The van der Waals surface area contributed by atoms with E-state index in [2.05, 4.69) is 25.1 Å². The van der Waals surface area contributed by atoms with E-state index in [0.717, 1.165) is 19.3 Å². The molecule has 0 radical (unpaired) electrons. The molecule has 0 bridgehead atoms. The molecule has 0 heterocycles. The minimum absolute atomic E-state index is 0.00759. The van der Waals surface area contributed by atoms with Gasteiger partial charge in [-0.15, -0.1) is 31.3 Å². The van der Waals surface area contributed by atoms with Crippen LogP contribution in [0.5, 0.6) is 0 Å². The second kappa shape index (κ2) is 8.17. The maximum Gasteiger partial charge on any atom is 0.234 e. The number of carbonyl (C=O) groups is 1.